The summed E-state index contributed by atoms with van der Waals surface area (Å²) in [6.45, 7) is 5.63. The number of aryl methyl sites for hydroxylation is 1. The van der Waals surface area contributed by atoms with Gasteiger partial charge < -0.3 is 19.7 Å². The highest BCUT2D eigenvalue weighted by Crippen LogP contribution is 2.37. The number of anilines is 2. The second-order valence-electron chi connectivity index (χ2n) is 11.9. The van der Waals surface area contributed by atoms with Gasteiger partial charge in [0.2, 0.25) is 11.9 Å². The molecule has 9 nitrogen and oxygen atoms in total. The zero-order valence-corrected chi connectivity index (χ0v) is 24.5. The van der Waals surface area contributed by atoms with E-state index in [1.54, 1.807) is 12.1 Å². The highest BCUT2D eigenvalue weighted by Gasteiger charge is 2.25. The van der Waals surface area contributed by atoms with E-state index in [2.05, 4.69) is 31.8 Å². The van der Waals surface area contributed by atoms with Gasteiger partial charge in [-0.1, -0.05) is 13.0 Å². The van der Waals surface area contributed by atoms with Gasteiger partial charge >= 0.3 is 0 Å². The lowest BCUT2D eigenvalue weighted by Gasteiger charge is -2.29. The first-order chi connectivity index (χ1) is 20.2. The van der Waals surface area contributed by atoms with Crippen molar-refractivity contribution in [3.05, 3.63) is 59.2 Å². The van der Waals surface area contributed by atoms with Gasteiger partial charge in [-0.2, -0.15) is 0 Å². The number of hydrogen-bond acceptors (Lipinski definition) is 7. The van der Waals surface area contributed by atoms with E-state index < -0.39 is 11.6 Å². The largest absolute Gasteiger partial charge is 0.337 e. The molecule has 3 aromatic heterocycles. The van der Waals surface area contributed by atoms with Crippen molar-refractivity contribution >= 4 is 28.7 Å². The Hall–Kier alpha value is -3.99. The molecule has 0 unspecified atom stereocenters. The van der Waals surface area contributed by atoms with E-state index in [0.29, 0.717) is 54.4 Å². The number of aromatic nitrogens is 5. The Bertz CT molecular complexity index is 1640. The summed E-state index contributed by atoms with van der Waals surface area (Å²) in [5.74, 6) is 1.05. The summed E-state index contributed by atoms with van der Waals surface area (Å²) >= 11 is 0. The summed E-state index contributed by atoms with van der Waals surface area (Å²) in [5, 5.41) is 3.08. The summed E-state index contributed by atoms with van der Waals surface area (Å²) in [6.07, 6.45) is 5.97. The fourth-order valence-electron chi connectivity index (χ4n) is 6.18. The van der Waals surface area contributed by atoms with Gasteiger partial charge in [-0.05, 0) is 76.4 Å². The Morgan fingerprint density at radius 2 is 1.86 bits per heavy atom. The van der Waals surface area contributed by atoms with Crippen molar-refractivity contribution in [1.29, 1.82) is 0 Å². The lowest BCUT2D eigenvalue weighted by Crippen LogP contribution is -2.41. The number of nitrogens with zero attached hydrogens (tertiary/aromatic N) is 7. The number of carbonyl (C=O) groups is 1. The average Bonchev–Trinajstić information content (AvgIpc) is 3.30. The first kappa shape index (κ1) is 28.1. The molecule has 42 heavy (non-hydrogen) atoms. The normalized spacial score (nSPS) is 18.9. The topological polar surface area (TPSA) is 92.1 Å². The predicted octanol–water partition coefficient (Wildman–Crippen LogP) is 5.42. The Balaban J connectivity index is 1.26. The van der Waals surface area contributed by atoms with Crippen molar-refractivity contribution in [3.63, 3.8) is 0 Å². The number of carbonyl (C=O) groups excluding carboxylic acids is 1. The predicted molar refractivity (Wildman–Crippen MR) is 157 cm³/mol. The van der Waals surface area contributed by atoms with Crippen molar-refractivity contribution in [1.82, 2.24) is 34.3 Å². The summed E-state index contributed by atoms with van der Waals surface area (Å²) < 4.78 is 32.5. The lowest BCUT2D eigenvalue weighted by atomic mass is 9.87. The molecule has 11 heteroatoms. The molecule has 220 valence electrons. The van der Waals surface area contributed by atoms with Crippen LogP contribution in [-0.2, 0) is 17.8 Å². The number of halogens is 2. The quantitative estimate of drug-likeness (QED) is 0.329. The van der Waals surface area contributed by atoms with Crippen LogP contribution in [0, 0.1) is 24.5 Å². The van der Waals surface area contributed by atoms with Crippen molar-refractivity contribution in [2.45, 2.75) is 58.5 Å². The maximum atomic E-state index is 15.3. The van der Waals surface area contributed by atoms with E-state index in [9.17, 15) is 4.79 Å². The fourth-order valence-corrected chi connectivity index (χ4v) is 6.18. The number of pyridine rings is 1. The zero-order valence-electron chi connectivity index (χ0n) is 24.5. The minimum Gasteiger partial charge on any atom is -0.337 e. The summed E-state index contributed by atoms with van der Waals surface area (Å²) in [5.41, 5.74) is 3.16. The van der Waals surface area contributed by atoms with Crippen LogP contribution in [0.1, 0.15) is 55.7 Å². The van der Waals surface area contributed by atoms with Crippen LogP contribution in [0.3, 0.4) is 0 Å². The minimum atomic E-state index is -0.644. The van der Waals surface area contributed by atoms with Crippen molar-refractivity contribution in [3.8, 4) is 11.3 Å². The van der Waals surface area contributed by atoms with Gasteiger partial charge in [0.15, 0.2) is 11.6 Å². The number of imidazole rings is 1. The Morgan fingerprint density at radius 1 is 1.07 bits per heavy atom. The molecule has 0 radical (unpaired) electrons. The van der Waals surface area contributed by atoms with Gasteiger partial charge in [0.25, 0.3) is 0 Å². The number of rotatable bonds is 6. The van der Waals surface area contributed by atoms with Crippen molar-refractivity contribution in [2.75, 3.05) is 32.5 Å². The van der Waals surface area contributed by atoms with E-state index >= 15 is 8.78 Å². The van der Waals surface area contributed by atoms with Crippen molar-refractivity contribution in [2.24, 2.45) is 5.92 Å². The molecule has 6 rings (SSSR count). The molecule has 1 aliphatic heterocycles. The average molecular weight is 575 g/mol. The van der Waals surface area contributed by atoms with Gasteiger partial charge in [0.05, 0.1) is 18.3 Å². The molecule has 0 saturated heterocycles. The number of benzene rings is 1. The maximum Gasteiger partial charge on any atom is 0.237 e. The molecular formula is C31H36F2N8O. The fraction of sp³-hybridized carbons (Fsp3) is 0.452. The zero-order chi connectivity index (χ0) is 29.5. The van der Waals surface area contributed by atoms with Gasteiger partial charge in [-0.3, -0.25) is 4.79 Å². The molecule has 1 fully saturated rings. The van der Waals surface area contributed by atoms with E-state index in [4.69, 9.17) is 4.98 Å². The molecule has 1 N–H and O–H groups in total. The SMILES string of the molecule is Cc1nc2c(F)cc(-c3nc(Nc4ccc5c(n4)CCN(C(=O)CN(C)C)C5)ncc3F)cc2n1C1CCC(C)CC1. The molecule has 0 bridgehead atoms. The van der Waals surface area contributed by atoms with Crippen molar-refractivity contribution < 1.29 is 13.6 Å². The minimum absolute atomic E-state index is 0.00368. The first-order valence-electron chi connectivity index (χ1n) is 14.6. The Labute approximate surface area is 244 Å². The smallest absolute Gasteiger partial charge is 0.237 e. The van der Waals surface area contributed by atoms with Gasteiger partial charge in [0, 0.05) is 36.8 Å². The highest BCUT2D eigenvalue weighted by atomic mass is 19.1. The van der Waals surface area contributed by atoms with Crippen LogP contribution in [-0.4, -0.2) is 67.4 Å². The van der Waals surface area contributed by atoms with E-state index in [0.717, 1.165) is 49.0 Å². The Morgan fingerprint density at radius 3 is 2.62 bits per heavy atom. The van der Waals surface area contributed by atoms with Crippen LogP contribution in [0.25, 0.3) is 22.3 Å². The van der Waals surface area contributed by atoms with Gasteiger partial charge in [0.1, 0.15) is 22.9 Å². The molecule has 0 spiro atoms. The van der Waals surface area contributed by atoms with Crippen LogP contribution >= 0.6 is 0 Å². The highest BCUT2D eigenvalue weighted by molar-refractivity contribution is 5.83. The third kappa shape index (κ3) is 5.57. The number of hydrogen-bond donors (Lipinski definition) is 1. The van der Waals surface area contributed by atoms with Gasteiger partial charge in [-0.15, -0.1) is 0 Å². The monoisotopic (exact) mass is 574 g/mol. The van der Waals surface area contributed by atoms with Crippen LogP contribution in [0.5, 0.6) is 0 Å². The van der Waals surface area contributed by atoms with E-state index in [1.165, 1.54) is 6.07 Å². The van der Waals surface area contributed by atoms with Crippen LogP contribution in [0.15, 0.2) is 30.5 Å². The number of nitrogens with one attached hydrogen (secondary N) is 1. The maximum absolute atomic E-state index is 15.3. The molecular weight excluding hydrogens is 538 g/mol. The summed E-state index contributed by atoms with van der Waals surface area (Å²) in [6, 6.07) is 7.04. The molecule has 0 atom stereocenters. The van der Waals surface area contributed by atoms with E-state index in [1.807, 2.05) is 36.9 Å². The molecule has 2 aliphatic rings. The lowest BCUT2D eigenvalue weighted by molar-refractivity contribution is -0.132. The first-order valence-corrected chi connectivity index (χ1v) is 14.6. The third-order valence-corrected chi connectivity index (χ3v) is 8.39. The molecule has 1 saturated carbocycles. The standard InChI is InChI=1S/C31H36F2N8O/c1-18-5-8-22(9-6-18)41-19(2)35-30-23(32)13-21(14-26(30)41)29-24(33)15-34-31(38-29)37-27-10-7-20-16-40(12-11-25(20)36-27)28(42)17-39(3)4/h7,10,13-15,18,22H,5-6,8-9,11-12,16-17H2,1-4H3,(H,34,36,37,38). The summed E-state index contributed by atoms with van der Waals surface area (Å²) in [7, 11) is 3.75. The molecule has 1 amide bonds. The Kier molecular flexibility index (Phi) is 7.61. The molecule has 4 aromatic rings. The second kappa shape index (κ2) is 11.4. The molecule has 4 heterocycles. The molecule has 1 aromatic carbocycles. The number of likely N-dealkylation sites (N-methyl/N-ethyl adjacent to an activating group) is 1. The second-order valence-corrected chi connectivity index (χ2v) is 11.9. The van der Waals surface area contributed by atoms with Crippen LogP contribution in [0.4, 0.5) is 20.5 Å². The number of fused-ring (bicyclic) bond motifs is 2. The summed E-state index contributed by atoms with van der Waals surface area (Å²) in [4.78, 5) is 34.0. The third-order valence-electron chi connectivity index (χ3n) is 8.39. The number of amides is 1. The van der Waals surface area contributed by atoms with Crippen LogP contribution < -0.4 is 5.32 Å². The van der Waals surface area contributed by atoms with Crippen LogP contribution in [0.2, 0.25) is 0 Å². The van der Waals surface area contributed by atoms with Gasteiger partial charge in [-0.25, -0.2) is 28.7 Å². The van der Waals surface area contributed by atoms with E-state index in [-0.39, 0.29) is 23.6 Å². The molecule has 1 aliphatic carbocycles.